The van der Waals surface area contributed by atoms with Crippen molar-refractivity contribution < 1.29 is 13.9 Å². The van der Waals surface area contributed by atoms with E-state index in [1.807, 2.05) is 42.7 Å². The lowest BCUT2D eigenvalue weighted by Crippen LogP contribution is -2.15. The highest BCUT2D eigenvalue weighted by Gasteiger charge is 2.18. The van der Waals surface area contributed by atoms with E-state index in [0.29, 0.717) is 10.8 Å². The van der Waals surface area contributed by atoms with Crippen molar-refractivity contribution in [2.45, 2.75) is 25.0 Å². The first-order valence-corrected chi connectivity index (χ1v) is 9.74. The number of anilines is 1. The topological polar surface area (TPSA) is 69.0 Å². The lowest BCUT2D eigenvalue weighted by atomic mass is 10.2. The van der Waals surface area contributed by atoms with Gasteiger partial charge in [-0.3, -0.25) is 9.36 Å². The summed E-state index contributed by atoms with van der Waals surface area (Å²) < 4.78 is 20.2. The molecule has 28 heavy (non-hydrogen) atoms. The molecule has 146 valence electrons. The first-order valence-electron chi connectivity index (χ1n) is 8.75. The second-order valence-electron chi connectivity index (χ2n) is 6.34. The van der Waals surface area contributed by atoms with E-state index in [0.717, 1.165) is 17.1 Å². The molecule has 0 unspecified atom stereocenters. The summed E-state index contributed by atoms with van der Waals surface area (Å²) in [5, 5.41) is 12.0. The van der Waals surface area contributed by atoms with Gasteiger partial charge in [0.2, 0.25) is 5.91 Å². The molecule has 0 saturated heterocycles. The van der Waals surface area contributed by atoms with E-state index in [-0.39, 0.29) is 23.5 Å². The predicted molar refractivity (Wildman–Crippen MR) is 108 cm³/mol. The molecule has 3 rings (SSSR count). The average Bonchev–Trinajstić information content (AvgIpc) is 3.12. The average molecular weight is 400 g/mol. The number of carbonyl (C=O) groups is 1. The smallest absolute Gasteiger partial charge is 0.234 e. The van der Waals surface area contributed by atoms with Crippen LogP contribution in [0.5, 0.6) is 5.75 Å². The molecule has 2 aromatic carbocycles. The normalized spacial score (nSPS) is 10.9. The Hall–Kier alpha value is -2.87. The fraction of sp³-hybridized carbons (Fsp3) is 0.250. The summed E-state index contributed by atoms with van der Waals surface area (Å²) in [5.41, 5.74) is 1.47. The van der Waals surface area contributed by atoms with E-state index in [2.05, 4.69) is 15.5 Å². The van der Waals surface area contributed by atoms with E-state index in [1.54, 1.807) is 7.11 Å². The van der Waals surface area contributed by atoms with Crippen molar-refractivity contribution in [1.82, 2.24) is 14.8 Å². The molecule has 0 aliphatic heterocycles. The molecule has 3 aromatic rings. The third kappa shape index (κ3) is 4.69. The molecule has 1 amide bonds. The molecule has 8 heteroatoms. The third-order valence-electron chi connectivity index (χ3n) is 3.99. The van der Waals surface area contributed by atoms with Crippen LogP contribution in [0.1, 0.15) is 19.9 Å². The van der Waals surface area contributed by atoms with Gasteiger partial charge in [0.1, 0.15) is 11.6 Å². The Labute approximate surface area is 167 Å². The summed E-state index contributed by atoms with van der Waals surface area (Å²) in [6.45, 7) is 4.08. The standard InChI is InChI=1S/C20H21FN4O2S/c1-13(2)25-19(14-4-10-17(27-3)11-5-14)23-24-20(25)28-12-18(26)22-16-8-6-15(21)7-9-16/h4-11,13H,12H2,1-3H3,(H,22,26). The van der Waals surface area contributed by atoms with E-state index < -0.39 is 0 Å². The quantitative estimate of drug-likeness (QED) is 0.595. The zero-order valence-electron chi connectivity index (χ0n) is 15.8. The van der Waals surface area contributed by atoms with Gasteiger partial charge in [-0.25, -0.2) is 4.39 Å². The summed E-state index contributed by atoms with van der Waals surface area (Å²) in [6, 6.07) is 13.4. The fourth-order valence-electron chi connectivity index (χ4n) is 2.64. The maximum Gasteiger partial charge on any atom is 0.234 e. The number of amides is 1. The van der Waals surface area contributed by atoms with Crippen LogP contribution in [0.2, 0.25) is 0 Å². The van der Waals surface area contributed by atoms with Crippen molar-refractivity contribution in [2.24, 2.45) is 0 Å². The highest BCUT2D eigenvalue weighted by atomic mass is 32.2. The number of carbonyl (C=O) groups excluding carboxylic acids is 1. The molecule has 6 nitrogen and oxygen atoms in total. The third-order valence-corrected chi connectivity index (χ3v) is 4.93. The van der Waals surface area contributed by atoms with Crippen molar-refractivity contribution in [3.05, 3.63) is 54.3 Å². The molecular formula is C20H21FN4O2S. The minimum atomic E-state index is -0.344. The van der Waals surface area contributed by atoms with Gasteiger partial charge in [0, 0.05) is 17.3 Å². The number of benzene rings is 2. The van der Waals surface area contributed by atoms with Crippen LogP contribution in [0.15, 0.2) is 53.7 Å². The number of hydrogen-bond donors (Lipinski definition) is 1. The Morgan fingerprint density at radius 1 is 1.14 bits per heavy atom. The van der Waals surface area contributed by atoms with Gasteiger partial charge in [0.25, 0.3) is 0 Å². The Morgan fingerprint density at radius 3 is 2.43 bits per heavy atom. The number of ether oxygens (including phenoxy) is 1. The van der Waals surface area contributed by atoms with Crippen LogP contribution in [-0.4, -0.2) is 33.5 Å². The number of aromatic nitrogens is 3. The largest absolute Gasteiger partial charge is 0.497 e. The maximum atomic E-state index is 13.0. The first kappa shape index (κ1) is 19.9. The first-order chi connectivity index (χ1) is 13.5. The molecule has 0 fully saturated rings. The maximum absolute atomic E-state index is 13.0. The number of rotatable bonds is 7. The predicted octanol–water partition coefficient (Wildman–Crippen LogP) is 4.40. The minimum Gasteiger partial charge on any atom is -0.497 e. The molecule has 1 aromatic heterocycles. The molecule has 0 spiro atoms. The number of thioether (sulfide) groups is 1. The SMILES string of the molecule is COc1ccc(-c2nnc(SCC(=O)Nc3ccc(F)cc3)n2C(C)C)cc1. The Morgan fingerprint density at radius 2 is 1.82 bits per heavy atom. The minimum absolute atomic E-state index is 0.120. The zero-order valence-corrected chi connectivity index (χ0v) is 16.7. The number of hydrogen-bond acceptors (Lipinski definition) is 5. The summed E-state index contributed by atoms with van der Waals surface area (Å²) in [5.74, 6) is 1.14. The second-order valence-corrected chi connectivity index (χ2v) is 7.28. The Bertz CT molecular complexity index is 940. The van der Waals surface area contributed by atoms with Crippen LogP contribution in [-0.2, 0) is 4.79 Å². The molecule has 0 radical (unpaired) electrons. The molecule has 1 heterocycles. The van der Waals surface area contributed by atoms with Crippen molar-refractivity contribution in [3.8, 4) is 17.1 Å². The van der Waals surface area contributed by atoms with Crippen LogP contribution in [0.25, 0.3) is 11.4 Å². The van der Waals surface area contributed by atoms with E-state index in [4.69, 9.17) is 4.74 Å². The monoisotopic (exact) mass is 400 g/mol. The number of nitrogens with one attached hydrogen (secondary N) is 1. The van der Waals surface area contributed by atoms with Gasteiger partial charge < -0.3 is 10.1 Å². The van der Waals surface area contributed by atoms with Crippen LogP contribution in [0.3, 0.4) is 0 Å². The molecule has 0 saturated carbocycles. The van der Waals surface area contributed by atoms with Crippen molar-refractivity contribution in [2.75, 3.05) is 18.2 Å². The van der Waals surface area contributed by atoms with Gasteiger partial charge in [0.05, 0.1) is 12.9 Å². The number of halogens is 1. The van der Waals surface area contributed by atoms with Gasteiger partial charge in [-0.2, -0.15) is 0 Å². The molecule has 0 aliphatic rings. The van der Waals surface area contributed by atoms with Crippen LogP contribution in [0.4, 0.5) is 10.1 Å². The molecule has 0 atom stereocenters. The Kier molecular flexibility index (Phi) is 6.30. The summed E-state index contributed by atoms with van der Waals surface area (Å²) in [7, 11) is 1.62. The zero-order chi connectivity index (χ0) is 20.1. The lowest BCUT2D eigenvalue weighted by molar-refractivity contribution is -0.113. The van der Waals surface area contributed by atoms with E-state index in [1.165, 1.54) is 36.0 Å². The van der Waals surface area contributed by atoms with Crippen molar-refractivity contribution in [3.63, 3.8) is 0 Å². The van der Waals surface area contributed by atoms with Gasteiger partial charge in [0.15, 0.2) is 11.0 Å². The summed E-state index contributed by atoms with van der Waals surface area (Å²) in [6.07, 6.45) is 0. The van der Waals surface area contributed by atoms with Crippen LogP contribution >= 0.6 is 11.8 Å². The lowest BCUT2D eigenvalue weighted by Gasteiger charge is -2.14. The highest BCUT2D eigenvalue weighted by Crippen LogP contribution is 2.28. The molecule has 1 N–H and O–H groups in total. The van der Waals surface area contributed by atoms with Gasteiger partial charge >= 0.3 is 0 Å². The van der Waals surface area contributed by atoms with E-state index >= 15 is 0 Å². The van der Waals surface area contributed by atoms with Gasteiger partial charge in [-0.15, -0.1) is 10.2 Å². The van der Waals surface area contributed by atoms with Crippen molar-refractivity contribution >= 4 is 23.4 Å². The second kappa shape index (κ2) is 8.88. The van der Waals surface area contributed by atoms with E-state index in [9.17, 15) is 9.18 Å². The molecule has 0 aliphatic carbocycles. The number of methoxy groups -OCH3 is 1. The summed E-state index contributed by atoms with van der Waals surface area (Å²) in [4.78, 5) is 12.2. The van der Waals surface area contributed by atoms with Gasteiger partial charge in [-0.1, -0.05) is 11.8 Å². The molecular weight excluding hydrogens is 379 g/mol. The highest BCUT2D eigenvalue weighted by molar-refractivity contribution is 7.99. The Balaban J connectivity index is 1.72. The fourth-order valence-corrected chi connectivity index (χ4v) is 3.51. The van der Waals surface area contributed by atoms with Crippen LogP contribution in [0, 0.1) is 5.82 Å². The van der Waals surface area contributed by atoms with Crippen molar-refractivity contribution in [1.29, 1.82) is 0 Å². The molecule has 0 bridgehead atoms. The summed E-state index contributed by atoms with van der Waals surface area (Å²) >= 11 is 1.31. The van der Waals surface area contributed by atoms with Crippen LogP contribution < -0.4 is 10.1 Å². The number of nitrogens with zero attached hydrogens (tertiary/aromatic N) is 3. The van der Waals surface area contributed by atoms with Gasteiger partial charge in [-0.05, 0) is 62.4 Å².